The van der Waals surface area contributed by atoms with Crippen LogP contribution >= 0.6 is 11.6 Å². The Morgan fingerprint density at radius 1 is 1.24 bits per heavy atom. The summed E-state index contributed by atoms with van der Waals surface area (Å²) in [6.45, 7) is 3.69. The SMILES string of the molecule is Cc1c(Cc2ccccc2)c(=O)oc2c(CNCC3CCCO3)c(O)c(Cl)cc12. The lowest BCUT2D eigenvalue weighted by molar-refractivity contribution is 0.110. The second-order valence-electron chi connectivity index (χ2n) is 7.48. The van der Waals surface area contributed by atoms with Crippen molar-refractivity contribution in [2.45, 2.75) is 38.8 Å². The highest BCUT2D eigenvalue weighted by Crippen LogP contribution is 2.36. The van der Waals surface area contributed by atoms with E-state index in [0.29, 0.717) is 36.2 Å². The van der Waals surface area contributed by atoms with Crippen LogP contribution in [-0.4, -0.2) is 24.4 Å². The van der Waals surface area contributed by atoms with Crippen LogP contribution in [-0.2, 0) is 17.7 Å². The van der Waals surface area contributed by atoms with Gasteiger partial charge in [0.2, 0.25) is 0 Å². The van der Waals surface area contributed by atoms with E-state index >= 15 is 0 Å². The van der Waals surface area contributed by atoms with Gasteiger partial charge in [-0.15, -0.1) is 0 Å². The van der Waals surface area contributed by atoms with Gasteiger partial charge in [0.05, 0.1) is 16.7 Å². The Hall–Kier alpha value is -2.34. The van der Waals surface area contributed by atoms with Crippen molar-refractivity contribution in [2.75, 3.05) is 13.2 Å². The number of halogens is 1. The molecule has 29 heavy (non-hydrogen) atoms. The molecule has 1 saturated heterocycles. The third-order valence-corrected chi connectivity index (χ3v) is 5.81. The van der Waals surface area contributed by atoms with Gasteiger partial charge in [0, 0.05) is 37.1 Å². The maximum Gasteiger partial charge on any atom is 0.340 e. The molecule has 0 radical (unpaired) electrons. The molecular weight excluding hydrogens is 390 g/mol. The first-order valence-electron chi connectivity index (χ1n) is 9.87. The van der Waals surface area contributed by atoms with E-state index < -0.39 is 0 Å². The summed E-state index contributed by atoms with van der Waals surface area (Å²) < 4.78 is 11.3. The van der Waals surface area contributed by atoms with Gasteiger partial charge in [-0.2, -0.15) is 0 Å². The molecule has 1 aromatic heterocycles. The molecule has 1 fully saturated rings. The highest BCUT2D eigenvalue weighted by atomic mass is 35.5. The highest BCUT2D eigenvalue weighted by molar-refractivity contribution is 6.33. The molecule has 0 aliphatic carbocycles. The van der Waals surface area contributed by atoms with Crippen molar-refractivity contribution in [3.63, 3.8) is 0 Å². The van der Waals surface area contributed by atoms with Crippen molar-refractivity contribution in [3.05, 3.63) is 74.1 Å². The first kappa shape index (κ1) is 20.0. The molecule has 3 aromatic rings. The second-order valence-corrected chi connectivity index (χ2v) is 7.89. The van der Waals surface area contributed by atoms with E-state index in [1.54, 1.807) is 6.07 Å². The molecule has 0 amide bonds. The van der Waals surface area contributed by atoms with E-state index in [9.17, 15) is 9.90 Å². The maximum absolute atomic E-state index is 12.8. The summed E-state index contributed by atoms with van der Waals surface area (Å²) >= 11 is 6.30. The van der Waals surface area contributed by atoms with Crippen molar-refractivity contribution < 1.29 is 14.3 Å². The van der Waals surface area contributed by atoms with E-state index in [-0.39, 0.29) is 22.5 Å². The molecule has 1 aliphatic rings. The van der Waals surface area contributed by atoms with Crippen LogP contribution in [0, 0.1) is 6.92 Å². The number of phenolic OH excluding ortho intramolecular Hbond substituents is 1. The number of nitrogens with one attached hydrogen (secondary N) is 1. The zero-order valence-electron chi connectivity index (χ0n) is 16.3. The molecule has 1 aliphatic heterocycles. The minimum atomic E-state index is -0.388. The number of aryl methyl sites for hydroxylation is 1. The average molecular weight is 414 g/mol. The Bertz CT molecular complexity index is 1070. The van der Waals surface area contributed by atoms with Gasteiger partial charge in [0.25, 0.3) is 0 Å². The Kier molecular flexibility index (Phi) is 5.90. The van der Waals surface area contributed by atoms with Gasteiger partial charge < -0.3 is 19.6 Å². The quantitative estimate of drug-likeness (QED) is 0.589. The minimum Gasteiger partial charge on any atom is -0.506 e. The number of ether oxygens (including phenoxy) is 1. The molecule has 152 valence electrons. The van der Waals surface area contributed by atoms with E-state index in [4.69, 9.17) is 20.8 Å². The molecule has 2 N–H and O–H groups in total. The number of phenols is 1. The van der Waals surface area contributed by atoms with E-state index in [1.807, 2.05) is 37.3 Å². The maximum atomic E-state index is 12.8. The van der Waals surface area contributed by atoms with Crippen molar-refractivity contribution in [3.8, 4) is 5.75 Å². The summed E-state index contributed by atoms with van der Waals surface area (Å²) in [6, 6.07) is 11.5. The van der Waals surface area contributed by atoms with E-state index in [1.165, 1.54) is 0 Å². The molecule has 4 rings (SSSR count). The largest absolute Gasteiger partial charge is 0.506 e. The normalized spacial score (nSPS) is 16.6. The van der Waals surface area contributed by atoms with Crippen molar-refractivity contribution in [1.29, 1.82) is 0 Å². The number of hydrogen-bond acceptors (Lipinski definition) is 5. The third-order valence-electron chi connectivity index (χ3n) is 5.52. The summed E-state index contributed by atoms with van der Waals surface area (Å²) in [7, 11) is 0. The van der Waals surface area contributed by atoms with Crippen LogP contribution in [0.5, 0.6) is 5.75 Å². The lowest BCUT2D eigenvalue weighted by atomic mass is 9.98. The average Bonchev–Trinajstić information content (AvgIpc) is 3.23. The molecule has 0 spiro atoms. The van der Waals surface area contributed by atoms with Gasteiger partial charge in [-0.1, -0.05) is 41.9 Å². The van der Waals surface area contributed by atoms with Crippen LogP contribution in [0.4, 0.5) is 0 Å². The summed E-state index contributed by atoms with van der Waals surface area (Å²) in [6.07, 6.45) is 2.74. The fourth-order valence-corrected chi connectivity index (χ4v) is 4.10. The van der Waals surface area contributed by atoms with Gasteiger partial charge in [-0.3, -0.25) is 0 Å². The van der Waals surface area contributed by atoms with Gasteiger partial charge in [0.15, 0.2) is 0 Å². The number of rotatable bonds is 6. The fraction of sp³-hybridized carbons (Fsp3) is 0.348. The van der Waals surface area contributed by atoms with Gasteiger partial charge in [0.1, 0.15) is 11.3 Å². The molecule has 0 bridgehead atoms. The van der Waals surface area contributed by atoms with E-state index in [2.05, 4.69) is 5.32 Å². The molecular formula is C23H24ClNO4. The number of aromatic hydroxyl groups is 1. The standard InChI is InChI=1S/C23H24ClNO4/c1-14-17-11-20(24)21(26)19(13-25-12-16-8-5-9-28-16)22(17)29-23(27)18(14)10-15-6-3-2-4-7-15/h2-4,6-7,11,16,25-26H,5,8-10,12-13H2,1H3. The second kappa shape index (κ2) is 8.57. The van der Waals surface area contributed by atoms with Crippen molar-refractivity contribution in [2.24, 2.45) is 0 Å². The topological polar surface area (TPSA) is 71.7 Å². The molecule has 2 aromatic carbocycles. The van der Waals surface area contributed by atoms with Gasteiger partial charge >= 0.3 is 5.63 Å². The van der Waals surface area contributed by atoms with E-state index in [0.717, 1.165) is 36.0 Å². The molecule has 1 atom stereocenters. The number of hydrogen-bond donors (Lipinski definition) is 2. The van der Waals surface area contributed by atoms with Crippen LogP contribution in [0.15, 0.2) is 45.6 Å². The molecule has 2 heterocycles. The fourth-order valence-electron chi connectivity index (χ4n) is 3.87. The minimum absolute atomic E-state index is 0.0580. The Morgan fingerprint density at radius 2 is 2.03 bits per heavy atom. The predicted molar refractivity (Wildman–Crippen MR) is 114 cm³/mol. The zero-order valence-corrected chi connectivity index (χ0v) is 17.1. The summed E-state index contributed by atoms with van der Waals surface area (Å²) in [5.74, 6) is -0.0580. The van der Waals surface area contributed by atoms with Crippen LogP contribution in [0.25, 0.3) is 11.0 Å². The molecule has 6 heteroatoms. The van der Waals surface area contributed by atoms with Crippen LogP contribution in [0.1, 0.15) is 35.1 Å². The lowest BCUT2D eigenvalue weighted by Crippen LogP contribution is -2.26. The Morgan fingerprint density at radius 3 is 2.76 bits per heavy atom. The van der Waals surface area contributed by atoms with Crippen LogP contribution < -0.4 is 10.9 Å². The third kappa shape index (κ3) is 4.17. The molecule has 0 saturated carbocycles. The highest BCUT2D eigenvalue weighted by Gasteiger charge is 2.20. The number of benzene rings is 2. The van der Waals surface area contributed by atoms with Crippen molar-refractivity contribution >= 4 is 22.6 Å². The van der Waals surface area contributed by atoms with Crippen molar-refractivity contribution in [1.82, 2.24) is 5.32 Å². The zero-order chi connectivity index (χ0) is 20.4. The van der Waals surface area contributed by atoms with Gasteiger partial charge in [-0.25, -0.2) is 4.79 Å². The first-order chi connectivity index (χ1) is 14.0. The molecule has 5 nitrogen and oxygen atoms in total. The monoisotopic (exact) mass is 413 g/mol. The summed E-state index contributed by atoms with van der Waals surface area (Å²) in [5.41, 5.74) is 2.95. The Balaban J connectivity index is 1.70. The predicted octanol–water partition coefficient (Wildman–Crippen LogP) is 4.32. The van der Waals surface area contributed by atoms with Gasteiger partial charge in [-0.05, 0) is 37.0 Å². The first-order valence-corrected chi connectivity index (χ1v) is 10.2. The smallest absolute Gasteiger partial charge is 0.340 e. The van der Waals surface area contributed by atoms with Crippen LogP contribution in [0.3, 0.4) is 0 Å². The lowest BCUT2D eigenvalue weighted by Gasteiger charge is -2.15. The number of fused-ring (bicyclic) bond motifs is 1. The summed E-state index contributed by atoms with van der Waals surface area (Å²) in [4.78, 5) is 12.8. The molecule has 1 unspecified atom stereocenters. The van der Waals surface area contributed by atoms with Crippen LogP contribution in [0.2, 0.25) is 5.02 Å². The summed E-state index contributed by atoms with van der Waals surface area (Å²) in [5, 5.41) is 14.8. The Labute approximate surface area is 174 Å².